The van der Waals surface area contributed by atoms with Crippen molar-refractivity contribution in [2.75, 3.05) is 24.6 Å². The number of hydrogen-bond donors (Lipinski definition) is 2. The molecule has 2 fully saturated rings. The number of aromatic nitrogens is 1. The highest BCUT2D eigenvalue weighted by molar-refractivity contribution is 8.12. The zero-order valence-electron chi connectivity index (χ0n) is 18.6. The highest BCUT2D eigenvalue weighted by atomic mass is 32.2. The highest BCUT2D eigenvalue weighted by Gasteiger charge is 2.57. The highest BCUT2D eigenvalue weighted by Crippen LogP contribution is 2.55. The standard InChI is InChI=1S/C26H32N2O2S2/c1-2-25(29)19-28(18-20-9-4-3-5-10-20)14-13-23(25)26(31-15-8-16-32(26)30)24-17-21-11-6-7-12-22(21)27-24/h3-7,9-12,17,23,27,29H,2,8,13-16,18-19H2,1H3/t23-,25-,26?,32?/m0/s1. The topological polar surface area (TPSA) is 56.3 Å². The number of nitrogens with one attached hydrogen (secondary N) is 1. The summed E-state index contributed by atoms with van der Waals surface area (Å²) in [6, 6.07) is 20.9. The van der Waals surface area contributed by atoms with Gasteiger partial charge >= 0.3 is 0 Å². The van der Waals surface area contributed by atoms with E-state index in [1.54, 1.807) is 11.8 Å². The smallest absolute Gasteiger partial charge is 0.136 e. The molecule has 3 heterocycles. The molecule has 0 bridgehead atoms. The molecule has 0 radical (unpaired) electrons. The Kier molecular flexibility index (Phi) is 6.23. The lowest BCUT2D eigenvalue weighted by atomic mass is 9.76. The minimum Gasteiger partial charge on any atom is -0.388 e. The number of nitrogens with zero attached hydrogens (tertiary/aromatic N) is 1. The molecule has 4 nitrogen and oxygen atoms in total. The van der Waals surface area contributed by atoms with Gasteiger partial charge in [-0.1, -0.05) is 55.5 Å². The van der Waals surface area contributed by atoms with Crippen LogP contribution < -0.4 is 0 Å². The summed E-state index contributed by atoms with van der Waals surface area (Å²) in [7, 11) is -1.06. The molecule has 2 unspecified atom stereocenters. The Bertz CT molecular complexity index is 1070. The minimum atomic E-state index is -1.06. The average Bonchev–Trinajstić information content (AvgIpc) is 3.25. The molecule has 0 amide bonds. The fraction of sp³-hybridized carbons (Fsp3) is 0.462. The molecule has 2 aromatic carbocycles. The maximum Gasteiger partial charge on any atom is 0.136 e. The molecule has 4 atom stereocenters. The summed E-state index contributed by atoms with van der Waals surface area (Å²) in [5, 5.41) is 13.2. The van der Waals surface area contributed by atoms with Gasteiger partial charge in [-0.05, 0) is 54.6 Å². The van der Waals surface area contributed by atoms with E-state index in [1.165, 1.54) is 5.56 Å². The summed E-state index contributed by atoms with van der Waals surface area (Å²) in [5.41, 5.74) is 2.48. The summed E-state index contributed by atoms with van der Waals surface area (Å²) < 4.78 is 13.2. The van der Waals surface area contributed by atoms with Gasteiger partial charge in [-0.25, -0.2) is 0 Å². The van der Waals surface area contributed by atoms with E-state index in [0.29, 0.717) is 18.7 Å². The van der Waals surface area contributed by atoms with Crippen LogP contribution in [-0.2, 0) is 21.4 Å². The summed E-state index contributed by atoms with van der Waals surface area (Å²) in [5.74, 6) is 1.61. The molecular weight excluding hydrogens is 436 g/mol. The molecular formula is C26H32N2O2S2. The molecule has 2 saturated heterocycles. The molecule has 2 aliphatic rings. The quantitative estimate of drug-likeness (QED) is 0.561. The van der Waals surface area contributed by atoms with Crippen molar-refractivity contribution in [3.63, 3.8) is 0 Å². The number of piperidine rings is 1. The lowest BCUT2D eigenvalue weighted by molar-refractivity contribution is -0.0868. The van der Waals surface area contributed by atoms with E-state index in [2.05, 4.69) is 59.3 Å². The zero-order chi connectivity index (χ0) is 22.2. The number of thioether (sulfide) groups is 1. The third kappa shape index (κ3) is 3.85. The Balaban J connectivity index is 1.52. The van der Waals surface area contributed by atoms with E-state index >= 15 is 0 Å². The zero-order valence-corrected chi connectivity index (χ0v) is 20.3. The number of rotatable bonds is 5. The molecule has 0 aliphatic carbocycles. The summed E-state index contributed by atoms with van der Waals surface area (Å²) in [4.78, 5) is 5.97. The van der Waals surface area contributed by atoms with Crippen LogP contribution >= 0.6 is 11.8 Å². The molecule has 1 aromatic heterocycles. The number of benzene rings is 2. The number of likely N-dealkylation sites (tertiary alicyclic amines) is 1. The first-order chi connectivity index (χ1) is 15.5. The second kappa shape index (κ2) is 8.98. The van der Waals surface area contributed by atoms with Crippen molar-refractivity contribution in [2.45, 2.75) is 42.4 Å². The largest absolute Gasteiger partial charge is 0.388 e. The van der Waals surface area contributed by atoms with Crippen LogP contribution in [0.1, 0.15) is 37.4 Å². The lowest BCUT2D eigenvalue weighted by Crippen LogP contribution is -2.60. The maximum absolute atomic E-state index is 13.8. The number of H-pyrrole nitrogens is 1. The van der Waals surface area contributed by atoms with Crippen LogP contribution in [0, 0.1) is 5.92 Å². The van der Waals surface area contributed by atoms with Gasteiger partial charge in [-0.3, -0.25) is 9.11 Å². The fourth-order valence-electron chi connectivity index (χ4n) is 5.57. The van der Waals surface area contributed by atoms with Crippen LogP contribution in [0.5, 0.6) is 0 Å². The van der Waals surface area contributed by atoms with Gasteiger partial charge < -0.3 is 10.1 Å². The number of hydrogen-bond acceptors (Lipinski definition) is 4. The summed E-state index contributed by atoms with van der Waals surface area (Å²) >= 11 is 1.81. The Morgan fingerprint density at radius 2 is 1.97 bits per heavy atom. The second-order valence-electron chi connectivity index (χ2n) is 9.18. The third-order valence-electron chi connectivity index (χ3n) is 7.23. The molecule has 2 aliphatic heterocycles. The van der Waals surface area contributed by atoms with Gasteiger partial charge in [0.1, 0.15) is 4.08 Å². The Morgan fingerprint density at radius 3 is 2.72 bits per heavy atom. The molecule has 5 rings (SSSR count). The number of aliphatic hydroxyl groups is 1. The van der Waals surface area contributed by atoms with Crippen LogP contribution in [0.3, 0.4) is 0 Å². The predicted octanol–water partition coefficient (Wildman–Crippen LogP) is 4.87. The van der Waals surface area contributed by atoms with E-state index in [4.69, 9.17) is 0 Å². The second-order valence-corrected chi connectivity index (χ2v) is 12.5. The first-order valence-electron chi connectivity index (χ1n) is 11.6. The number of para-hydroxylation sites is 1. The van der Waals surface area contributed by atoms with Crippen LogP contribution in [0.2, 0.25) is 0 Å². The van der Waals surface area contributed by atoms with Crippen molar-refractivity contribution >= 4 is 33.5 Å². The van der Waals surface area contributed by atoms with Gasteiger partial charge in [-0.2, -0.15) is 0 Å². The molecule has 32 heavy (non-hydrogen) atoms. The fourth-order valence-corrected chi connectivity index (χ4v) is 9.90. The van der Waals surface area contributed by atoms with Crippen molar-refractivity contribution in [1.82, 2.24) is 9.88 Å². The molecule has 0 spiro atoms. The van der Waals surface area contributed by atoms with E-state index in [9.17, 15) is 9.32 Å². The van der Waals surface area contributed by atoms with Gasteiger partial charge in [0.15, 0.2) is 0 Å². The van der Waals surface area contributed by atoms with E-state index in [-0.39, 0.29) is 5.92 Å². The minimum absolute atomic E-state index is 0.0637. The van der Waals surface area contributed by atoms with E-state index < -0.39 is 20.5 Å². The Hall–Kier alpha value is -1.60. The predicted molar refractivity (Wildman–Crippen MR) is 135 cm³/mol. The lowest BCUT2D eigenvalue weighted by Gasteiger charge is -2.53. The van der Waals surface area contributed by atoms with Crippen LogP contribution in [-0.4, -0.2) is 49.4 Å². The Morgan fingerprint density at radius 1 is 1.19 bits per heavy atom. The molecule has 2 N–H and O–H groups in total. The Labute approximate surface area is 197 Å². The molecule has 6 heteroatoms. The van der Waals surface area contributed by atoms with E-state index in [1.807, 2.05) is 18.2 Å². The summed E-state index contributed by atoms with van der Waals surface area (Å²) in [6.45, 7) is 4.43. The van der Waals surface area contributed by atoms with Crippen molar-refractivity contribution in [3.05, 3.63) is 71.9 Å². The van der Waals surface area contributed by atoms with Gasteiger partial charge in [-0.15, -0.1) is 11.8 Å². The average molecular weight is 469 g/mol. The van der Waals surface area contributed by atoms with Crippen LogP contribution in [0.25, 0.3) is 10.9 Å². The first-order valence-corrected chi connectivity index (χ1v) is 13.9. The van der Waals surface area contributed by atoms with Crippen molar-refractivity contribution in [3.8, 4) is 0 Å². The normalized spacial score (nSPS) is 31.7. The maximum atomic E-state index is 13.8. The summed E-state index contributed by atoms with van der Waals surface area (Å²) in [6.07, 6.45) is 2.46. The van der Waals surface area contributed by atoms with Crippen molar-refractivity contribution in [2.24, 2.45) is 5.92 Å². The van der Waals surface area contributed by atoms with Gasteiger partial charge in [0.05, 0.1) is 5.60 Å². The van der Waals surface area contributed by atoms with Crippen LogP contribution in [0.15, 0.2) is 60.7 Å². The van der Waals surface area contributed by atoms with Gasteiger partial charge in [0.2, 0.25) is 0 Å². The molecule has 3 aromatic rings. The van der Waals surface area contributed by atoms with Gasteiger partial charge in [0, 0.05) is 46.8 Å². The van der Waals surface area contributed by atoms with Crippen LogP contribution in [0.4, 0.5) is 0 Å². The van der Waals surface area contributed by atoms with E-state index in [0.717, 1.165) is 48.3 Å². The van der Waals surface area contributed by atoms with Crippen molar-refractivity contribution in [1.29, 1.82) is 0 Å². The third-order valence-corrected chi connectivity index (χ3v) is 11.4. The first kappa shape index (κ1) is 22.2. The number of aromatic amines is 1. The van der Waals surface area contributed by atoms with Crippen molar-refractivity contribution < 1.29 is 9.32 Å². The van der Waals surface area contributed by atoms with Gasteiger partial charge in [0.25, 0.3) is 0 Å². The number of fused-ring (bicyclic) bond motifs is 1. The monoisotopic (exact) mass is 468 g/mol. The SMILES string of the molecule is CC[C@]1(O)CN(Cc2ccccc2)CC[C@@H]1C1(c2cc3ccccc3[nH]2)SCCCS1=O. The number of β-amino-alcohol motifs (C(OH)–C–C–N with tert-alkyl or cyclic N) is 1. The molecule has 0 saturated carbocycles. The molecule has 170 valence electrons.